The van der Waals surface area contributed by atoms with Crippen molar-refractivity contribution in [3.63, 3.8) is 0 Å². The minimum absolute atomic E-state index is 0.722. The highest BCUT2D eigenvalue weighted by atomic mass is 28.4. The number of unbranched alkanes of at least 4 members (excludes halogenated alkanes) is 14. The quantitative estimate of drug-likeness (QED) is 0.0474. The van der Waals surface area contributed by atoms with Gasteiger partial charge in [-0.3, -0.25) is 0 Å². The van der Waals surface area contributed by atoms with Gasteiger partial charge in [0.15, 0.2) is 0 Å². The average molecular weight is 697 g/mol. The second-order valence-corrected chi connectivity index (χ2v) is 17.4. The summed E-state index contributed by atoms with van der Waals surface area (Å²) in [6, 6.07) is 34.0. The molecule has 0 fully saturated rings. The molecule has 0 atom stereocenters. The van der Waals surface area contributed by atoms with Crippen molar-refractivity contribution in [1.29, 1.82) is 0 Å². The van der Waals surface area contributed by atoms with Gasteiger partial charge in [0.2, 0.25) is 0 Å². The molecule has 2 N–H and O–H groups in total. The van der Waals surface area contributed by atoms with Crippen LogP contribution >= 0.6 is 0 Å². The first-order chi connectivity index (χ1) is 25.1. The molecule has 0 aromatic heterocycles. The van der Waals surface area contributed by atoms with Crippen molar-refractivity contribution < 1.29 is 9.59 Å². The summed E-state index contributed by atoms with van der Waals surface area (Å²) in [5.41, 5.74) is 2.69. The second-order valence-electron chi connectivity index (χ2n) is 15.0. The van der Waals surface area contributed by atoms with Crippen LogP contribution in [0.25, 0.3) is 43.1 Å². The molecule has 268 valence electrons. The molecule has 0 aliphatic carbocycles. The van der Waals surface area contributed by atoms with Crippen molar-refractivity contribution in [3.05, 3.63) is 108 Å². The molecule has 0 saturated carbocycles. The third kappa shape index (κ3) is 8.43. The number of hydrogen-bond acceptors (Lipinski definition) is 2. The van der Waals surface area contributed by atoms with Crippen LogP contribution in [0.1, 0.15) is 128 Å². The molecule has 51 heavy (non-hydrogen) atoms. The zero-order valence-corrected chi connectivity index (χ0v) is 32.4. The fraction of sp³-hybridized carbons (Fsp3) is 0.417. The molecular weight excluding hydrogens is 637 g/mol. The van der Waals surface area contributed by atoms with Gasteiger partial charge >= 0.3 is 8.56 Å². The van der Waals surface area contributed by atoms with Crippen LogP contribution in [-0.2, 0) is 12.8 Å². The van der Waals surface area contributed by atoms with Crippen LogP contribution in [0.4, 0.5) is 0 Å². The van der Waals surface area contributed by atoms with Crippen LogP contribution in [0.3, 0.4) is 0 Å². The number of rotatable bonds is 20. The standard InChI is InChI=1S/C48H60O2Si/c1-3-5-7-9-11-13-15-17-27-37-39-29-19-23-33-43(39)47(44-34-24-20-30-40(37)44)51(49,50)48-45-35-25-21-31-41(45)38(42-32-22-26-36-46(42)48)28-18-16-14-12-10-8-6-4-2/h19-26,29-36,49-50H,3-18,27-28H2,1-2H3. The Balaban J connectivity index is 1.39. The van der Waals surface area contributed by atoms with Gasteiger partial charge in [-0.1, -0.05) is 201 Å². The highest BCUT2D eigenvalue weighted by Crippen LogP contribution is 2.34. The number of hydrogen-bond donors (Lipinski definition) is 2. The Bertz CT molecular complexity index is 1770. The normalized spacial score (nSPS) is 12.2. The summed E-state index contributed by atoms with van der Waals surface area (Å²) < 4.78 is 0. The van der Waals surface area contributed by atoms with Gasteiger partial charge in [0, 0.05) is 10.4 Å². The maximum atomic E-state index is 13.0. The predicted molar refractivity (Wildman–Crippen MR) is 225 cm³/mol. The van der Waals surface area contributed by atoms with E-state index in [0.717, 1.165) is 79.1 Å². The van der Waals surface area contributed by atoms with Crippen molar-refractivity contribution in [3.8, 4) is 0 Å². The Morgan fingerprint density at radius 2 is 0.569 bits per heavy atom. The van der Waals surface area contributed by atoms with E-state index in [0.29, 0.717) is 0 Å². The molecule has 0 unspecified atom stereocenters. The van der Waals surface area contributed by atoms with Gasteiger partial charge in [0.25, 0.3) is 0 Å². The van der Waals surface area contributed by atoms with Crippen molar-refractivity contribution in [2.24, 2.45) is 0 Å². The topological polar surface area (TPSA) is 40.5 Å². The zero-order chi connectivity index (χ0) is 35.5. The first kappa shape index (κ1) is 37.3. The first-order valence-electron chi connectivity index (χ1n) is 20.4. The number of aryl methyl sites for hydroxylation is 2. The first-order valence-corrected chi connectivity index (χ1v) is 22.3. The van der Waals surface area contributed by atoms with Gasteiger partial charge in [0.1, 0.15) is 0 Å². The lowest BCUT2D eigenvalue weighted by Gasteiger charge is -2.28. The van der Waals surface area contributed by atoms with E-state index in [2.05, 4.69) is 111 Å². The van der Waals surface area contributed by atoms with Gasteiger partial charge in [0.05, 0.1) is 0 Å². The molecule has 0 aliphatic rings. The molecule has 6 rings (SSSR count). The van der Waals surface area contributed by atoms with Crippen molar-refractivity contribution in [2.75, 3.05) is 0 Å². The zero-order valence-electron chi connectivity index (χ0n) is 31.4. The van der Waals surface area contributed by atoms with Crippen molar-refractivity contribution >= 4 is 62.0 Å². The maximum absolute atomic E-state index is 13.0. The van der Waals surface area contributed by atoms with Crippen LogP contribution in [0.2, 0.25) is 0 Å². The van der Waals surface area contributed by atoms with Crippen LogP contribution in [0.15, 0.2) is 97.1 Å². The van der Waals surface area contributed by atoms with E-state index in [1.807, 2.05) is 0 Å². The molecule has 0 amide bonds. The number of fused-ring (bicyclic) bond motifs is 4. The lowest BCUT2D eigenvalue weighted by atomic mass is 9.92. The van der Waals surface area contributed by atoms with E-state index in [4.69, 9.17) is 0 Å². The molecule has 0 saturated heterocycles. The summed E-state index contributed by atoms with van der Waals surface area (Å²) in [7, 11) is -4.28. The van der Waals surface area contributed by atoms with Crippen LogP contribution in [0.5, 0.6) is 0 Å². The number of benzene rings is 6. The van der Waals surface area contributed by atoms with E-state index in [1.165, 1.54) is 101 Å². The summed E-state index contributed by atoms with van der Waals surface area (Å²) in [6.07, 6.45) is 22.7. The molecule has 2 nitrogen and oxygen atoms in total. The maximum Gasteiger partial charge on any atom is 0.404 e. The highest BCUT2D eigenvalue weighted by molar-refractivity contribution is 6.96. The molecule has 6 aromatic rings. The van der Waals surface area contributed by atoms with Crippen molar-refractivity contribution in [1.82, 2.24) is 0 Å². The second kappa shape index (κ2) is 18.3. The Hall–Kier alpha value is -3.50. The predicted octanol–water partition coefficient (Wildman–Crippen LogP) is 12.2. The smallest absolute Gasteiger partial charge is 0.404 e. The monoisotopic (exact) mass is 696 g/mol. The summed E-state index contributed by atoms with van der Waals surface area (Å²) in [6.45, 7) is 4.55. The van der Waals surface area contributed by atoms with Gasteiger partial charge in [-0.05, 0) is 79.9 Å². The molecular formula is C48H60O2Si. The Kier molecular flexibility index (Phi) is 13.4. The van der Waals surface area contributed by atoms with E-state index >= 15 is 0 Å². The minimum Gasteiger partial charge on any atom is -0.404 e. The van der Waals surface area contributed by atoms with E-state index in [9.17, 15) is 9.59 Å². The van der Waals surface area contributed by atoms with Gasteiger partial charge in [-0.2, -0.15) is 0 Å². The fourth-order valence-electron chi connectivity index (χ4n) is 8.72. The SMILES string of the molecule is CCCCCCCCCCc1c2ccccc2c([Si](O)(O)c2c3ccccc3c(CCCCCCCCCC)c3ccccc23)c2ccccc12. The molecule has 0 spiro atoms. The fourth-order valence-corrected chi connectivity index (χ4v) is 11.3. The minimum atomic E-state index is -4.28. The molecule has 0 bridgehead atoms. The Labute approximate surface area is 308 Å². The molecule has 0 radical (unpaired) electrons. The Morgan fingerprint density at radius 3 is 0.843 bits per heavy atom. The van der Waals surface area contributed by atoms with Crippen LogP contribution in [0, 0.1) is 0 Å². The van der Waals surface area contributed by atoms with Crippen molar-refractivity contribution in [2.45, 2.75) is 129 Å². The lowest BCUT2D eigenvalue weighted by molar-refractivity contribution is 0.403. The lowest BCUT2D eigenvalue weighted by Crippen LogP contribution is -2.60. The highest BCUT2D eigenvalue weighted by Gasteiger charge is 2.41. The summed E-state index contributed by atoms with van der Waals surface area (Å²) in [4.78, 5) is 26.0. The largest absolute Gasteiger partial charge is 0.404 e. The molecule has 0 aliphatic heterocycles. The third-order valence-electron chi connectivity index (χ3n) is 11.3. The average Bonchev–Trinajstić information content (AvgIpc) is 3.15. The van der Waals surface area contributed by atoms with Gasteiger partial charge < -0.3 is 9.59 Å². The summed E-state index contributed by atoms with van der Waals surface area (Å²) >= 11 is 0. The van der Waals surface area contributed by atoms with E-state index in [1.54, 1.807) is 0 Å². The van der Waals surface area contributed by atoms with Crippen LogP contribution in [-0.4, -0.2) is 18.2 Å². The van der Waals surface area contributed by atoms with E-state index in [-0.39, 0.29) is 0 Å². The van der Waals surface area contributed by atoms with Crippen LogP contribution < -0.4 is 10.4 Å². The van der Waals surface area contributed by atoms with Gasteiger partial charge in [-0.25, -0.2) is 0 Å². The van der Waals surface area contributed by atoms with E-state index < -0.39 is 8.56 Å². The third-order valence-corrected chi connectivity index (χ3v) is 13.8. The summed E-state index contributed by atoms with van der Waals surface area (Å²) in [5.74, 6) is 0. The molecule has 0 heterocycles. The Morgan fingerprint density at radius 1 is 0.333 bits per heavy atom. The van der Waals surface area contributed by atoms with Gasteiger partial charge in [-0.15, -0.1) is 0 Å². The molecule has 6 aromatic carbocycles. The molecule has 3 heteroatoms. The summed E-state index contributed by atoms with van der Waals surface area (Å²) in [5, 5.41) is 10.0.